The quantitative estimate of drug-likeness (QED) is 0.701. The van der Waals surface area contributed by atoms with Gasteiger partial charge in [0.15, 0.2) is 15.5 Å². The van der Waals surface area contributed by atoms with Crippen LogP contribution in [0.4, 0.5) is 13.2 Å². The molecule has 0 unspecified atom stereocenters. The van der Waals surface area contributed by atoms with Crippen molar-refractivity contribution in [3.05, 3.63) is 17.5 Å². The van der Waals surface area contributed by atoms with E-state index in [0.717, 1.165) is 76.6 Å². The van der Waals surface area contributed by atoms with Crippen molar-refractivity contribution >= 4 is 9.84 Å². The number of hydrogen-bond donors (Lipinski definition) is 0. The lowest BCUT2D eigenvalue weighted by atomic mass is 9.77. The standard InChI is InChI=1S/C21H30F3N3O2S/c22-21(23,24)19-12-18(27(25-19)17-6-7-17)15-2-4-16(5-3-15)26-10-1-8-20(13-26)9-11-30(28,29)14-20/h12,15-17H,1-11,13-14H2/t15-,16+,20-/m0/s1. The molecule has 2 aliphatic carbocycles. The van der Waals surface area contributed by atoms with Gasteiger partial charge < -0.3 is 0 Å². The Labute approximate surface area is 175 Å². The summed E-state index contributed by atoms with van der Waals surface area (Å²) in [7, 11) is -2.90. The minimum absolute atomic E-state index is 0.0693. The Bertz CT molecular complexity index is 901. The van der Waals surface area contributed by atoms with Crippen LogP contribution in [0.3, 0.4) is 0 Å². The molecule has 0 amide bonds. The van der Waals surface area contributed by atoms with Crippen LogP contribution in [0.1, 0.15) is 81.1 Å². The van der Waals surface area contributed by atoms with E-state index in [-0.39, 0.29) is 17.4 Å². The van der Waals surface area contributed by atoms with Gasteiger partial charge in [0.25, 0.3) is 0 Å². The fraction of sp³-hybridized carbons (Fsp3) is 0.857. The minimum atomic E-state index is -4.39. The van der Waals surface area contributed by atoms with Crippen molar-refractivity contribution in [1.82, 2.24) is 14.7 Å². The number of nitrogens with zero attached hydrogens (tertiary/aromatic N) is 3. The van der Waals surface area contributed by atoms with Gasteiger partial charge in [0.1, 0.15) is 0 Å². The molecule has 2 saturated carbocycles. The molecular formula is C21H30F3N3O2S. The summed E-state index contributed by atoms with van der Waals surface area (Å²) in [5.74, 6) is 0.781. The van der Waals surface area contributed by atoms with Crippen LogP contribution >= 0.6 is 0 Å². The maximum atomic E-state index is 13.2. The van der Waals surface area contributed by atoms with Gasteiger partial charge in [-0.05, 0) is 75.8 Å². The average Bonchev–Trinajstić information content (AvgIpc) is 3.36. The third-order valence-electron chi connectivity index (χ3n) is 7.74. The number of piperidine rings is 1. The van der Waals surface area contributed by atoms with Gasteiger partial charge in [-0.2, -0.15) is 18.3 Å². The third-order valence-corrected chi connectivity index (χ3v) is 9.62. The molecule has 9 heteroatoms. The van der Waals surface area contributed by atoms with E-state index in [1.807, 2.05) is 0 Å². The Morgan fingerprint density at radius 2 is 1.73 bits per heavy atom. The summed E-state index contributed by atoms with van der Waals surface area (Å²) in [6, 6.07) is 1.84. The number of rotatable bonds is 3. The summed E-state index contributed by atoms with van der Waals surface area (Å²) in [4.78, 5) is 2.49. The van der Waals surface area contributed by atoms with Crippen molar-refractivity contribution in [2.24, 2.45) is 5.41 Å². The average molecular weight is 446 g/mol. The number of hydrogen-bond acceptors (Lipinski definition) is 4. The molecule has 1 spiro atoms. The van der Waals surface area contributed by atoms with Crippen LogP contribution in [0.2, 0.25) is 0 Å². The summed E-state index contributed by atoms with van der Waals surface area (Å²) in [5, 5.41) is 3.91. The summed E-state index contributed by atoms with van der Waals surface area (Å²) in [5.41, 5.74) is -0.0626. The van der Waals surface area contributed by atoms with Crippen LogP contribution < -0.4 is 0 Å². The third kappa shape index (κ3) is 4.04. The normalized spacial score (nSPS) is 35.2. The van der Waals surface area contributed by atoms with E-state index in [0.29, 0.717) is 17.5 Å². The molecule has 30 heavy (non-hydrogen) atoms. The van der Waals surface area contributed by atoms with Crippen LogP contribution in [-0.2, 0) is 16.0 Å². The molecule has 5 rings (SSSR count). The lowest BCUT2D eigenvalue weighted by molar-refractivity contribution is -0.141. The SMILES string of the molecule is O=S1(=O)CC[C@]2(CCCN([C@H]3CC[C@@H](c4cc(C(F)(F)F)nn4C4CC4)CC3)C2)C1. The zero-order chi connectivity index (χ0) is 21.1. The predicted octanol–water partition coefficient (Wildman–Crippen LogP) is 4.16. The highest BCUT2D eigenvalue weighted by Gasteiger charge is 2.46. The van der Waals surface area contributed by atoms with Gasteiger partial charge in [0, 0.05) is 24.2 Å². The largest absolute Gasteiger partial charge is 0.435 e. The van der Waals surface area contributed by atoms with Gasteiger partial charge in [0.05, 0.1) is 17.5 Å². The number of halogens is 3. The Morgan fingerprint density at radius 1 is 1.03 bits per heavy atom. The molecule has 4 fully saturated rings. The molecule has 1 aromatic heterocycles. The van der Waals surface area contributed by atoms with Gasteiger partial charge in [0.2, 0.25) is 0 Å². The fourth-order valence-electron chi connectivity index (χ4n) is 6.06. The van der Waals surface area contributed by atoms with Gasteiger partial charge in [-0.25, -0.2) is 8.42 Å². The highest BCUT2D eigenvalue weighted by molar-refractivity contribution is 7.91. The van der Waals surface area contributed by atoms with Gasteiger partial charge >= 0.3 is 6.18 Å². The minimum Gasteiger partial charge on any atom is -0.300 e. The Balaban J connectivity index is 1.25. The Kier molecular flexibility index (Phi) is 5.00. The molecule has 1 atom stereocenters. The lowest BCUT2D eigenvalue weighted by Gasteiger charge is -2.45. The van der Waals surface area contributed by atoms with Crippen LogP contribution in [0.15, 0.2) is 6.07 Å². The van der Waals surface area contributed by atoms with Crippen molar-refractivity contribution in [1.29, 1.82) is 0 Å². The van der Waals surface area contributed by atoms with Crippen molar-refractivity contribution in [3.63, 3.8) is 0 Å². The lowest BCUT2D eigenvalue weighted by Crippen LogP contribution is -2.49. The van der Waals surface area contributed by atoms with Crippen molar-refractivity contribution in [2.75, 3.05) is 24.6 Å². The smallest absolute Gasteiger partial charge is 0.300 e. The Morgan fingerprint density at radius 3 is 2.33 bits per heavy atom. The van der Waals surface area contributed by atoms with Crippen molar-refractivity contribution in [2.45, 2.75) is 82.0 Å². The van der Waals surface area contributed by atoms with Crippen LogP contribution in [0.25, 0.3) is 0 Å². The number of likely N-dealkylation sites (tertiary alicyclic amines) is 1. The van der Waals surface area contributed by atoms with Gasteiger partial charge in [-0.1, -0.05) is 0 Å². The van der Waals surface area contributed by atoms with Crippen LogP contribution in [0, 0.1) is 5.41 Å². The summed E-state index contributed by atoms with van der Waals surface area (Å²) >= 11 is 0. The molecule has 2 aliphatic heterocycles. The first-order chi connectivity index (χ1) is 14.1. The number of aromatic nitrogens is 2. The number of alkyl halides is 3. The summed E-state index contributed by atoms with van der Waals surface area (Å²) in [6.07, 6.45) is 3.94. The summed E-state index contributed by atoms with van der Waals surface area (Å²) < 4.78 is 65.4. The molecule has 3 heterocycles. The molecule has 0 N–H and O–H groups in total. The zero-order valence-corrected chi connectivity index (χ0v) is 18.0. The van der Waals surface area contributed by atoms with E-state index >= 15 is 0 Å². The van der Waals surface area contributed by atoms with E-state index in [1.54, 1.807) is 4.68 Å². The molecule has 0 bridgehead atoms. The number of sulfone groups is 1. The Hall–Kier alpha value is -1.09. The zero-order valence-electron chi connectivity index (χ0n) is 17.2. The van der Waals surface area contributed by atoms with Gasteiger partial charge in [-0.3, -0.25) is 9.58 Å². The predicted molar refractivity (Wildman–Crippen MR) is 107 cm³/mol. The monoisotopic (exact) mass is 445 g/mol. The maximum absolute atomic E-state index is 13.2. The second-order valence-electron chi connectivity index (χ2n) is 10.0. The highest BCUT2D eigenvalue weighted by atomic mass is 32.2. The molecule has 5 nitrogen and oxygen atoms in total. The van der Waals surface area contributed by atoms with Crippen molar-refractivity contribution < 1.29 is 21.6 Å². The van der Waals surface area contributed by atoms with E-state index < -0.39 is 21.7 Å². The van der Waals surface area contributed by atoms with Gasteiger partial charge in [-0.15, -0.1) is 0 Å². The first-order valence-electron chi connectivity index (χ1n) is 11.3. The molecule has 1 aromatic rings. The molecule has 4 aliphatic rings. The molecule has 2 saturated heterocycles. The van der Waals surface area contributed by atoms with E-state index in [4.69, 9.17) is 0 Å². The second-order valence-corrected chi connectivity index (χ2v) is 12.2. The van der Waals surface area contributed by atoms with Crippen LogP contribution in [-0.4, -0.2) is 53.7 Å². The first-order valence-corrected chi connectivity index (χ1v) is 13.1. The highest BCUT2D eigenvalue weighted by Crippen LogP contribution is 2.45. The molecule has 0 aromatic carbocycles. The second kappa shape index (κ2) is 7.22. The summed E-state index contributed by atoms with van der Waals surface area (Å²) in [6.45, 7) is 1.87. The van der Waals surface area contributed by atoms with Crippen molar-refractivity contribution in [3.8, 4) is 0 Å². The first kappa shape index (κ1) is 20.8. The molecule has 0 radical (unpaired) electrons. The van der Waals surface area contributed by atoms with E-state index in [2.05, 4.69) is 10.00 Å². The topological polar surface area (TPSA) is 55.2 Å². The fourth-order valence-corrected chi connectivity index (χ4v) is 8.26. The maximum Gasteiger partial charge on any atom is 0.435 e. The molecule has 168 valence electrons. The molecular weight excluding hydrogens is 415 g/mol. The van der Waals surface area contributed by atoms with E-state index in [9.17, 15) is 21.6 Å². The van der Waals surface area contributed by atoms with E-state index in [1.165, 1.54) is 6.07 Å². The van der Waals surface area contributed by atoms with Crippen LogP contribution in [0.5, 0.6) is 0 Å².